The van der Waals surface area contributed by atoms with E-state index in [4.69, 9.17) is 0 Å². The number of aryl methyl sites for hydroxylation is 2. The van der Waals surface area contributed by atoms with Gasteiger partial charge in [-0.3, -0.25) is 0 Å². The molecule has 0 saturated heterocycles. The lowest BCUT2D eigenvalue weighted by Crippen LogP contribution is -1.99. The Morgan fingerprint density at radius 1 is 1.36 bits per heavy atom. The van der Waals surface area contributed by atoms with E-state index in [2.05, 4.69) is 47.6 Å². The van der Waals surface area contributed by atoms with Crippen LogP contribution >= 0.6 is 0 Å². The Hall–Kier alpha value is -1.71. The van der Waals surface area contributed by atoms with Gasteiger partial charge in [0, 0.05) is 0 Å². The first-order valence-electron chi connectivity index (χ1n) is 4.64. The second-order valence-electron chi connectivity index (χ2n) is 3.23. The molecule has 0 bridgehead atoms. The number of aromatic nitrogens is 4. The van der Waals surface area contributed by atoms with E-state index in [1.54, 1.807) is 11.0 Å². The molecule has 4 heteroatoms. The minimum atomic E-state index is 1.02. The van der Waals surface area contributed by atoms with Crippen LogP contribution in [0.2, 0.25) is 0 Å². The molecule has 0 spiro atoms. The third kappa shape index (κ3) is 1.51. The van der Waals surface area contributed by atoms with Gasteiger partial charge in [0.25, 0.3) is 0 Å². The zero-order chi connectivity index (χ0) is 9.97. The van der Waals surface area contributed by atoms with Crippen molar-refractivity contribution >= 4 is 0 Å². The maximum atomic E-state index is 3.88. The predicted octanol–water partition coefficient (Wildman–Crippen LogP) is 1.53. The van der Waals surface area contributed by atoms with Crippen molar-refractivity contribution in [3.63, 3.8) is 0 Å². The van der Waals surface area contributed by atoms with Crippen LogP contribution in [0.1, 0.15) is 18.1 Å². The maximum absolute atomic E-state index is 3.88. The van der Waals surface area contributed by atoms with E-state index < -0.39 is 0 Å². The summed E-state index contributed by atoms with van der Waals surface area (Å²) in [6, 6.07) is 6.34. The van der Waals surface area contributed by atoms with Gasteiger partial charge in [-0.2, -0.15) is 0 Å². The first-order chi connectivity index (χ1) is 6.81. The summed E-state index contributed by atoms with van der Waals surface area (Å²) in [4.78, 5) is 0. The summed E-state index contributed by atoms with van der Waals surface area (Å²) in [5.74, 6) is 0. The third-order valence-electron chi connectivity index (χ3n) is 2.28. The summed E-state index contributed by atoms with van der Waals surface area (Å²) >= 11 is 0. The molecule has 1 aromatic carbocycles. The van der Waals surface area contributed by atoms with Gasteiger partial charge in [-0.15, -0.1) is 5.10 Å². The van der Waals surface area contributed by atoms with Crippen molar-refractivity contribution in [3.05, 3.63) is 35.7 Å². The van der Waals surface area contributed by atoms with Gasteiger partial charge < -0.3 is 0 Å². The van der Waals surface area contributed by atoms with Gasteiger partial charge in [-0.05, 0) is 41.0 Å². The minimum absolute atomic E-state index is 1.02. The van der Waals surface area contributed by atoms with Crippen molar-refractivity contribution in [2.24, 2.45) is 0 Å². The maximum Gasteiger partial charge on any atom is 0.143 e. The molecule has 4 nitrogen and oxygen atoms in total. The van der Waals surface area contributed by atoms with Gasteiger partial charge >= 0.3 is 0 Å². The highest BCUT2D eigenvalue weighted by atomic mass is 15.5. The Bertz CT molecular complexity index is 420. The van der Waals surface area contributed by atoms with Crippen molar-refractivity contribution in [2.75, 3.05) is 0 Å². The quantitative estimate of drug-likeness (QED) is 0.717. The topological polar surface area (TPSA) is 43.6 Å². The highest BCUT2D eigenvalue weighted by Crippen LogP contribution is 2.14. The van der Waals surface area contributed by atoms with E-state index in [-0.39, 0.29) is 0 Å². The first kappa shape index (κ1) is 8.87. The minimum Gasteiger partial charge on any atom is -0.200 e. The number of benzene rings is 1. The lowest BCUT2D eigenvalue weighted by atomic mass is 10.1. The number of rotatable bonds is 2. The van der Waals surface area contributed by atoms with E-state index >= 15 is 0 Å². The van der Waals surface area contributed by atoms with Crippen LogP contribution < -0.4 is 0 Å². The van der Waals surface area contributed by atoms with Crippen LogP contribution in [0.5, 0.6) is 0 Å². The monoisotopic (exact) mass is 188 g/mol. The van der Waals surface area contributed by atoms with E-state index in [0.717, 1.165) is 12.1 Å². The molecule has 1 aromatic heterocycles. The molecule has 0 aliphatic rings. The van der Waals surface area contributed by atoms with Crippen LogP contribution in [-0.4, -0.2) is 20.2 Å². The van der Waals surface area contributed by atoms with Crippen LogP contribution in [0.15, 0.2) is 24.5 Å². The molecule has 0 unspecified atom stereocenters. The molecule has 14 heavy (non-hydrogen) atoms. The summed E-state index contributed by atoms with van der Waals surface area (Å²) < 4.78 is 1.69. The molecule has 1 heterocycles. The fourth-order valence-corrected chi connectivity index (χ4v) is 1.39. The molecule has 2 rings (SSSR count). The highest BCUT2D eigenvalue weighted by Gasteiger charge is 2.02. The Kier molecular flexibility index (Phi) is 2.26. The van der Waals surface area contributed by atoms with Gasteiger partial charge in [0.15, 0.2) is 0 Å². The molecule has 0 radical (unpaired) electrons. The number of hydrogen-bond acceptors (Lipinski definition) is 3. The molecule has 72 valence electrons. The SMILES string of the molecule is CCc1ccc(C)c(-n2cnnn2)c1. The smallest absolute Gasteiger partial charge is 0.143 e. The molecule has 2 aromatic rings. The van der Waals surface area contributed by atoms with Crippen LogP contribution in [0.25, 0.3) is 5.69 Å². The average Bonchev–Trinajstić information content (AvgIpc) is 2.71. The molecular formula is C10H12N4. The predicted molar refractivity (Wildman–Crippen MR) is 53.3 cm³/mol. The highest BCUT2D eigenvalue weighted by molar-refractivity contribution is 5.42. The summed E-state index contributed by atoms with van der Waals surface area (Å²) in [7, 11) is 0. The van der Waals surface area contributed by atoms with Gasteiger partial charge in [0.1, 0.15) is 6.33 Å². The van der Waals surface area contributed by atoms with E-state index in [1.807, 2.05) is 0 Å². The average molecular weight is 188 g/mol. The molecular weight excluding hydrogens is 176 g/mol. The van der Waals surface area contributed by atoms with Gasteiger partial charge in [-0.1, -0.05) is 19.1 Å². The van der Waals surface area contributed by atoms with Crippen molar-refractivity contribution in [3.8, 4) is 5.69 Å². The fraction of sp³-hybridized carbons (Fsp3) is 0.300. The number of hydrogen-bond donors (Lipinski definition) is 0. The standard InChI is InChI=1S/C10H12N4/c1-3-9-5-4-8(2)10(6-9)14-7-11-12-13-14/h4-7H,3H2,1-2H3. The zero-order valence-electron chi connectivity index (χ0n) is 8.31. The van der Waals surface area contributed by atoms with Crippen LogP contribution in [0.4, 0.5) is 0 Å². The second-order valence-corrected chi connectivity index (χ2v) is 3.23. The largest absolute Gasteiger partial charge is 0.200 e. The van der Waals surface area contributed by atoms with Crippen molar-refractivity contribution in [1.29, 1.82) is 0 Å². The summed E-state index contributed by atoms with van der Waals surface area (Å²) in [6.45, 7) is 4.19. The number of nitrogens with zero attached hydrogens (tertiary/aromatic N) is 4. The fourth-order valence-electron chi connectivity index (χ4n) is 1.39. The number of tetrazole rings is 1. The molecule has 0 atom stereocenters. The molecule has 0 fully saturated rings. The Balaban J connectivity index is 2.51. The Morgan fingerprint density at radius 2 is 2.21 bits per heavy atom. The summed E-state index contributed by atoms with van der Waals surface area (Å²) in [5.41, 5.74) is 3.52. The molecule has 0 aliphatic carbocycles. The summed E-state index contributed by atoms with van der Waals surface area (Å²) in [5, 5.41) is 11.1. The van der Waals surface area contributed by atoms with Crippen LogP contribution in [-0.2, 0) is 6.42 Å². The first-order valence-corrected chi connectivity index (χ1v) is 4.64. The van der Waals surface area contributed by atoms with Gasteiger partial charge in [0.2, 0.25) is 0 Å². The van der Waals surface area contributed by atoms with Crippen LogP contribution in [0, 0.1) is 6.92 Å². The summed E-state index contributed by atoms with van der Waals surface area (Å²) in [6.07, 6.45) is 2.64. The molecule has 0 amide bonds. The van der Waals surface area contributed by atoms with Crippen molar-refractivity contribution in [2.45, 2.75) is 20.3 Å². The van der Waals surface area contributed by atoms with E-state index in [1.165, 1.54) is 11.1 Å². The van der Waals surface area contributed by atoms with Crippen molar-refractivity contribution < 1.29 is 0 Å². The lowest BCUT2D eigenvalue weighted by molar-refractivity contribution is 0.784. The van der Waals surface area contributed by atoms with E-state index in [9.17, 15) is 0 Å². The normalized spacial score (nSPS) is 10.4. The van der Waals surface area contributed by atoms with Crippen LogP contribution in [0.3, 0.4) is 0 Å². The second kappa shape index (κ2) is 3.57. The van der Waals surface area contributed by atoms with E-state index in [0.29, 0.717) is 0 Å². The van der Waals surface area contributed by atoms with Gasteiger partial charge in [0.05, 0.1) is 5.69 Å². The zero-order valence-corrected chi connectivity index (χ0v) is 8.31. The third-order valence-corrected chi connectivity index (χ3v) is 2.28. The Morgan fingerprint density at radius 3 is 2.86 bits per heavy atom. The van der Waals surface area contributed by atoms with Crippen molar-refractivity contribution in [1.82, 2.24) is 20.2 Å². The molecule has 0 aliphatic heterocycles. The molecule has 0 N–H and O–H groups in total. The Labute approximate surface area is 82.6 Å². The van der Waals surface area contributed by atoms with Gasteiger partial charge in [-0.25, -0.2) is 4.68 Å². The molecule has 0 saturated carbocycles. The lowest BCUT2D eigenvalue weighted by Gasteiger charge is -2.05.